The van der Waals surface area contributed by atoms with Crippen LogP contribution in [0.5, 0.6) is 11.5 Å². The van der Waals surface area contributed by atoms with Crippen molar-refractivity contribution in [1.82, 2.24) is 14.9 Å². The van der Waals surface area contributed by atoms with E-state index in [4.69, 9.17) is 9.47 Å². The van der Waals surface area contributed by atoms with Gasteiger partial charge in [-0.2, -0.15) is 4.98 Å². The Kier molecular flexibility index (Phi) is 5.51. The van der Waals surface area contributed by atoms with Crippen LogP contribution in [0.4, 0.5) is 28.8 Å². The van der Waals surface area contributed by atoms with E-state index in [2.05, 4.69) is 68.3 Å². The Bertz CT molecular complexity index is 1110. The van der Waals surface area contributed by atoms with Crippen LogP contribution in [-0.4, -0.2) is 54.9 Å². The van der Waals surface area contributed by atoms with Gasteiger partial charge in [-0.25, -0.2) is 4.98 Å². The standard InChI is InChI=1S/C24H26N6O2/c1-3-17-15-25-24(28-23(17)26-19-6-9-21-22(14-19)32-16-31-21)27-18-4-7-20(8-5-18)30-12-10-29(2)11-13-30/h3-9,14-15H,1,10-13,16H2,2H3,(H2,25,26,27,28). The van der Waals surface area contributed by atoms with Crippen LogP contribution < -0.4 is 25.0 Å². The molecule has 1 saturated heterocycles. The molecule has 0 radical (unpaired) electrons. The van der Waals surface area contributed by atoms with Crippen molar-refractivity contribution in [2.24, 2.45) is 0 Å². The molecule has 5 rings (SSSR count). The second-order valence-corrected chi connectivity index (χ2v) is 7.86. The summed E-state index contributed by atoms with van der Waals surface area (Å²) in [5, 5.41) is 6.62. The molecule has 2 aromatic carbocycles. The molecule has 1 fully saturated rings. The summed E-state index contributed by atoms with van der Waals surface area (Å²) in [4.78, 5) is 13.8. The summed E-state index contributed by atoms with van der Waals surface area (Å²) >= 11 is 0. The van der Waals surface area contributed by atoms with E-state index in [0.29, 0.717) is 17.5 Å². The van der Waals surface area contributed by atoms with Crippen molar-refractivity contribution in [3.63, 3.8) is 0 Å². The van der Waals surface area contributed by atoms with E-state index in [9.17, 15) is 0 Å². The average molecular weight is 431 g/mol. The lowest BCUT2D eigenvalue weighted by Crippen LogP contribution is -2.44. The number of nitrogens with one attached hydrogen (secondary N) is 2. The summed E-state index contributed by atoms with van der Waals surface area (Å²) in [6.45, 7) is 8.38. The maximum atomic E-state index is 5.46. The summed E-state index contributed by atoms with van der Waals surface area (Å²) in [6.07, 6.45) is 3.47. The minimum atomic E-state index is 0.242. The molecule has 2 aliphatic heterocycles. The van der Waals surface area contributed by atoms with Gasteiger partial charge < -0.3 is 29.9 Å². The Morgan fingerprint density at radius 3 is 2.47 bits per heavy atom. The van der Waals surface area contributed by atoms with Gasteiger partial charge >= 0.3 is 0 Å². The van der Waals surface area contributed by atoms with Gasteiger partial charge in [0.05, 0.1) is 0 Å². The lowest BCUT2D eigenvalue weighted by molar-refractivity contribution is 0.174. The van der Waals surface area contributed by atoms with E-state index in [-0.39, 0.29) is 6.79 Å². The number of nitrogens with zero attached hydrogens (tertiary/aromatic N) is 4. The Morgan fingerprint density at radius 1 is 0.938 bits per heavy atom. The Balaban J connectivity index is 1.30. The van der Waals surface area contributed by atoms with Crippen molar-refractivity contribution in [2.75, 3.05) is 55.6 Å². The SMILES string of the molecule is C=Cc1cnc(Nc2ccc(N3CCN(C)CC3)cc2)nc1Nc1ccc2c(c1)OCO2. The van der Waals surface area contributed by atoms with Crippen LogP contribution >= 0.6 is 0 Å². The third kappa shape index (κ3) is 4.31. The number of piperazine rings is 1. The van der Waals surface area contributed by atoms with Gasteiger partial charge in [-0.1, -0.05) is 12.7 Å². The molecule has 8 heteroatoms. The highest BCUT2D eigenvalue weighted by atomic mass is 16.7. The van der Waals surface area contributed by atoms with E-state index in [1.807, 2.05) is 18.2 Å². The van der Waals surface area contributed by atoms with E-state index in [0.717, 1.165) is 48.9 Å². The fraction of sp³-hybridized carbons (Fsp3) is 0.250. The Morgan fingerprint density at radius 2 is 1.69 bits per heavy atom. The molecule has 2 N–H and O–H groups in total. The zero-order chi connectivity index (χ0) is 21.9. The molecule has 0 atom stereocenters. The van der Waals surface area contributed by atoms with E-state index in [1.54, 1.807) is 12.3 Å². The minimum absolute atomic E-state index is 0.242. The largest absolute Gasteiger partial charge is 0.454 e. The van der Waals surface area contributed by atoms with Gasteiger partial charge in [0.2, 0.25) is 12.7 Å². The van der Waals surface area contributed by atoms with Crippen LogP contribution in [0.15, 0.2) is 55.2 Å². The van der Waals surface area contributed by atoms with Crippen LogP contribution in [0.25, 0.3) is 6.08 Å². The van der Waals surface area contributed by atoms with Crippen LogP contribution in [0.2, 0.25) is 0 Å². The zero-order valence-electron chi connectivity index (χ0n) is 18.0. The summed E-state index contributed by atoms with van der Waals surface area (Å²) in [5.41, 5.74) is 3.82. The second kappa shape index (κ2) is 8.76. The first kappa shape index (κ1) is 20.1. The maximum absolute atomic E-state index is 5.46. The fourth-order valence-electron chi connectivity index (χ4n) is 3.76. The van der Waals surface area contributed by atoms with E-state index in [1.165, 1.54) is 5.69 Å². The lowest BCUT2D eigenvalue weighted by atomic mass is 10.2. The monoisotopic (exact) mass is 430 g/mol. The Labute approximate surface area is 187 Å². The molecule has 0 bridgehead atoms. The van der Waals surface area contributed by atoms with Gasteiger partial charge in [-0.15, -0.1) is 0 Å². The summed E-state index contributed by atoms with van der Waals surface area (Å²) in [7, 11) is 2.16. The van der Waals surface area contributed by atoms with Gasteiger partial charge in [-0.05, 0) is 43.4 Å². The van der Waals surface area contributed by atoms with Crippen molar-refractivity contribution >= 4 is 34.9 Å². The summed E-state index contributed by atoms with van der Waals surface area (Å²) in [6, 6.07) is 14.1. The predicted molar refractivity (Wildman–Crippen MR) is 127 cm³/mol. The number of hydrogen-bond acceptors (Lipinski definition) is 8. The van der Waals surface area contributed by atoms with Gasteiger partial charge in [0, 0.05) is 61.1 Å². The molecule has 164 valence electrons. The molecule has 0 spiro atoms. The number of hydrogen-bond donors (Lipinski definition) is 2. The quantitative estimate of drug-likeness (QED) is 0.606. The van der Waals surface area contributed by atoms with Gasteiger partial charge in [0.25, 0.3) is 0 Å². The third-order valence-corrected chi connectivity index (χ3v) is 5.66. The summed E-state index contributed by atoms with van der Waals surface area (Å²) in [5.74, 6) is 2.61. The number of anilines is 5. The first-order valence-electron chi connectivity index (χ1n) is 10.6. The van der Waals surface area contributed by atoms with E-state index < -0.39 is 0 Å². The Hall–Kier alpha value is -3.78. The molecule has 1 aromatic heterocycles. The topological polar surface area (TPSA) is 74.8 Å². The summed E-state index contributed by atoms with van der Waals surface area (Å²) < 4.78 is 10.8. The molecule has 0 aliphatic carbocycles. The second-order valence-electron chi connectivity index (χ2n) is 7.86. The first-order valence-corrected chi connectivity index (χ1v) is 10.6. The molecular weight excluding hydrogens is 404 g/mol. The highest BCUT2D eigenvalue weighted by Crippen LogP contribution is 2.35. The fourth-order valence-corrected chi connectivity index (χ4v) is 3.76. The van der Waals surface area contributed by atoms with Crippen molar-refractivity contribution in [1.29, 1.82) is 0 Å². The van der Waals surface area contributed by atoms with Crippen LogP contribution in [0.1, 0.15) is 5.56 Å². The van der Waals surface area contributed by atoms with Gasteiger partial charge in [-0.3, -0.25) is 0 Å². The molecule has 3 aromatic rings. The minimum Gasteiger partial charge on any atom is -0.454 e. The van der Waals surface area contributed by atoms with Gasteiger partial charge in [0.15, 0.2) is 11.5 Å². The first-order chi connectivity index (χ1) is 15.7. The molecule has 0 saturated carbocycles. The maximum Gasteiger partial charge on any atom is 0.231 e. The van der Waals surface area contributed by atoms with E-state index >= 15 is 0 Å². The lowest BCUT2D eigenvalue weighted by Gasteiger charge is -2.34. The van der Waals surface area contributed by atoms with Crippen LogP contribution in [-0.2, 0) is 0 Å². The molecule has 0 unspecified atom stereocenters. The number of fused-ring (bicyclic) bond motifs is 1. The molecule has 32 heavy (non-hydrogen) atoms. The number of aromatic nitrogens is 2. The van der Waals surface area contributed by atoms with Crippen LogP contribution in [0, 0.1) is 0 Å². The smallest absolute Gasteiger partial charge is 0.231 e. The van der Waals surface area contributed by atoms with Crippen LogP contribution in [0.3, 0.4) is 0 Å². The normalized spacial score (nSPS) is 15.5. The van der Waals surface area contributed by atoms with Crippen molar-refractivity contribution < 1.29 is 9.47 Å². The molecule has 8 nitrogen and oxygen atoms in total. The van der Waals surface area contributed by atoms with Gasteiger partial charge in [0.1, 0.15) is 5.82 Å². The molecule has 2 aliphatic rings. The number of rotatable bonds is 6. The zero-order valence-corrected chi connectivity index (χ0v) is 18.0. The third-order valence-electron chi connectivity index (χ3n) is 5.66. The average Bonchev–Trinajstić information content (AvgIpc) is 3.28. The predicted octanol–water partition coefficient (Wildman–Crippen LogP) is 4.09. The molecular formula is C24H26N6O2. The number of likely N-dealkylation sites (N-methyl/N-ethyl adjacent to an activating group) is 1. The van der Waals surface area contributed by atoms with Crippen molar-refractivity contribution in [2.45, 2.75) is 0 Å². The highest BCUT2D eigenvalue weighted by Gasteiger charge is 2.15. The molecule has 3 heterocycles. The number of benzene rings is 2. The van der Waals surface area contributed by atoms with Crippen molar-refractivity contribution in [3.05, 3.63) is 60.8 Å². The number of ether oxygens (including phenoxy) is 2. The molecule has 0 amide bonds. The van der Waals surface area contributed by atoms with Crippen molar-refractivity contribution in [3.8, 4) is 11.5 Å². The highest BCUT2D eigenvalue weighted by molar-refractivity contribution is 5.71.